The van der Waals surface area contributed by atoms with Crippen LogP contribution in [-0.2, 0) is 16.6 Å². The molecule has 6 rings (SSSR count). The summed E-state index contributed by atoms with van der Waals surface area (Å²) in [6.45, 7) is 2.04. The van der Waals surface area contributed by atoms with E-state index < -0.39 is 22.1 Å². The van der Waals surface area contributed by atoms with Gasteiger partial charge in [-0.15, -0.1) is 0 Å². The molecular formula is C31H31FN8O3S. The van der Waals surface area contributed by atoms with E-state index in [-0.39, 0.29) is 6.54 Å². The van der Waals surface area contributed by atoms with Gasteiger partial charge in [-0.05, 0) is 65.9 Å². The van der Waals surface area contributed by atoms with E-state index in [0.717, 1.165) is 46.8 Å². The molecule has 0 bridgehead atoms. The number of aromatic amines is 2. The minimum Gasteiger partial charge on any atom is -0.374 e. The van der Waals surface area contributed by atoms with Crippen LogP contribution in [0.2, 0.25) is 0 Å². The number of fused-ring (bicyclic) bond motifs is 2. The van der Waals surface area contributed by atoms with Gasteiger partial charge >= 0.3 is 0 Å². The molecule has 0 saturated heterocycles. The van der Waals surface area contributed by atoms with Gasteiger partial charge < -0.3 is 15.4 Å². The number of aliphatic hydroxyl groups excluding tert-OH is 1. The third kappa shape index (κ3) is 6.44. The molecule has 44 heavy (non-hydrogen) atoms. The lowest BCUT2D eigenvalue weighted by molar-refractivity contribution is 0.190. The molecule has 0 aliphatic rings. The number of nitrogens with one attached hydrogen (secondary N) is 4. The van der Waals surface area contributed by atoms with Gasteiger partial charge in [-0.1, -0.05) is 19.4 Å². The number of aromatic nitrogens is 6. The number of sulfonamides is 1. The average Bonchev–Trinajstić information content (AvgIpc) is 3.62. The average molecular weight is 615 g/mol. The quantitative estimate of drug-likeness (QED) is 0.122. The first-order valence-electron chi connectivity index (χ1n) is 14.1. The Morgan fingerprint density at radius 3 is 2.64 bits per heavy atom. The Morgan fingerprint density at radius 2 is 1.82 bits per heavy atom. The van der Waals surface area contributed by atoms with Crippen molar-refractivity contribution in [1.82, 2.24) is 34.9 Å². The van der Waals surface area contributed by atoms with Crippen molar-refractivity contribution in [2.24, 2.45) is 0 Å². The lowest BCUT2D eigenvalue weighted by Crippen LogP contribution is -2.21. The van der Waals surface area contributed by atoms with Crippen molar-refractivity contribution in [3.05, 3.63) is 78.6 Å². The minimum atomic E-state index is -3.45. The predicted octanol–water partition coefficient (Wildman–Crippen LogP) is 5.34. The normalized spacial score (nSPS) is 12.6. The topological polar surface area (TPSA) is 162 Å². The summed E-state index contributed by atoms with van der Waals surface area (Å²) >= 11 is 0. The number of benzene rings is 2. The number of anilines is 1. The largest absolute Gasteiger partial charge is 0.374 e. The molecule has 0 saturated carbocycles. The maximum atomic E-state index is 14.6. The summed E-state index contributed by atoms with van der Waals surface area (Å²) in [6.07, 6.45) is 9.68. The van der Waals surface area contributed by atoms with Gasteiger partial charge in [0.2, 0.25) is 10.0 Å². The highest BCUT2D eigenvalue weighted by atomic mass is 32.2. The van der Waals surface area contributed by atoms with Crippen molar-refractivity contribution < 1.29 is 17.9 Å². The fourth-order valence-electron chi connectivity index (χ4n) is 5.09. The summed E-state index contributed by atoms with van der Waals surface area (Å²) < 4.78 is 40.1. The molecule has 1 atom stereocenters. The third-order valence-electron chi connectivity index (χ3n) is 7.22. The van der Waals surface area contributed by atoms with Gasteiger partial charge in [0.05, 0.1) is 40.9 Å². The Hall–Kier alpha value is -4.72. The van der Waals surface area contributed by atoms with E-state index in [2.05, 4.69) is 42.1 Å². The number of hydrogen-bond acceptors (Lipinski definition) is 8. The van der Waals surface area contributed by atoms with Gasteiger partial charge in [0.15, 0.2) is 5.82 Å². The van der Waals surface area contributed by atoms with E-state index in [9.17, 15) is 17.9 Å². The van der Waals surface area contributed by atoms with Crippen molar-refractivity contribution in [2.45, 2.75) is 39.0 Å². The highest BCUT2D eigenvalue weighted by Gasteiger charge is 2.17. The van der Waals surface area contributed by atoms with Crippen LogP contribution in [0.25, 0.3) is 55.7 Å². The number of H-pyrrole nitrogens is 2. The molecule has 0 spiro atoms. The number of nitrogens with zero attached hydrogens (tertiary/aromatic N) is 4. The summed E-state index contributed by atoms with van der Waals surface area (Å²) in [7, 11) is -3.45. The molecular weight excluding hydrogens is 583 g/mol. The number of halogens is 1. The second-order valence-corrected chi connectivity index (χ2v) is 12.5. The molecule has 0 amide bonds. The van der Waals surface area contributed by atoms with E-state index >= 15 is 0 Å². The number of unbranched alkanes of at least 4 members (excludes halogenated alkanes) is 1. The van der Waals surface area contributed by atoms with E-state index in [1.54, 1.807) is 30.9 Å². The van der Waals surface area contributed by atoms with Crippen LogP contribution < -0.4 is 10.0 Å². The van der Waals surface area contributed by atoms with Gasteiger partial charge in [-0.2, -0.15) is 5.10 Å². The summed E-state index contributed by atoms with van der Waals surface area (Å²) in [4.78, 5) is 16.8. The van der Waals surface area contributed by atoms with Crippen LogP contribution in [0.3, 0.4) is 0 Å². The SMILES string of the molecule is CCCCC(O)Nc1cncc(-c2ccc3[nH]nc(-c4nc5c(-c6cc(F)cc(CNS(C)(=O)=O)c6)cncc5[nH]4)c3c2)c1. The Morgan fingerprint density at radius 1 is 0.977 bits per heavy atom. The van der Waals surface area contributed by atoms with Crippen LogP contribution in [0.1, 0.15) is 31.7 Å². The van der Waals surface area contributed by atoms with Crippen LogP contribution in [0.5, 0.6) is 0 Å². The van der Waals surface area contributed by atoms with Crippen LogP contribution >= 0.6 is 0 Å². The Labute approximate surface area is 253 Å². The number of imidazole rings is 1. The highest BCUT2D eigenvalue weighted by molar-refractivity contribution is 7.88. The summed E-state index contributed by atoms with van der Waals surface area (Å²) in [5.74, 6) is -0.00350. The van der Waals surface area contributed by atoms with E-state index in [0.29, 0.717) is 45.7 Å². The minimum absolute atomic E-state index is 0.0473. The van der Waals surface area contributed by atoms with Crippen molar-refractivity contribution in [1.29, 1.82) is 0 Å². The van der Waals surface area contributed by atoms with Gasteiger partial charge in [-0.25, -0.2) is 22.5 Å². The summed E-state index contributed by atoms with van der Waals surface area (Å²) in [5.41, 5.74) is 6.68. The van der Waals surface area contributed by atoms with E-state index in [1.165, 1.54) is 12.1 Å². The zero-order valence-electron chi connectivity index (χ0n) is 24.1. The standard InChI is InChI=1S/C31H31FN8O3S/c1-3-4-5-28(41)36-23-11-21(14-33-15-23)19-6-7-26-24(12-19)30(40-39-26)31-37-27-17-34-16-25(29(27)38-31)20-8-18(9-22(32)10-20)13-35-44(2,42)43/h6-12,14-17,28,35-36,41H,3-5,13H2,1-2H3,(H,37,38)(H,39,40). The molecule has 13 heteroatoms. The molecule has 5 N–H and O–H groups in total. The van der Waals surface area contributed by atoms with Crippen LogP contribution in [0, 0.1) is 5.82 Å². The van der Waals surface area contributed by atoms with E-state index in [1.807, 2.05) is 24.3 Å². The van der Waals surface area contributed by atoms with Crippen molar-refractivity contribution in [3.63, 3.8) is 0 Å². The molecule has 226 valence electrons. The van der Waals surface area contributed by atoms with E-state index in [4.69, 9.17) is 4.98 Å². The van der Waals surface area contributed by atoms with Crippen molar-refractivity contribution in [2.75, 3.05) is 11.6 Å². The maximum Gasteiger partial charge on any atom is 0.209 e. The van der Waals surface area contributed by atoms with Crippen LogP contribution in [-0.4, -0.2) is 56.1 Å². The molecule has 4 heterocycles. The molecule has 6 aromatic rings. The van der Waals surface area contributed by atoms with Crippen LogP contribution in [0.4, 0.5) is 10.1 Å². The number of pyridine rings is 2. The van der Waals surface area contributed by atoms with Gasteiger partial charge in [0, 0.05) is 35.5 Å². The predicted molar refractivity (Wildman–Crippen MR) is 168 cm³/mol. The lowest BCUT2D eigenvalue weighted by Gasteiger charge is -2.14. The van der Waals surface area contributed by atoms with Crippen molar-refractivity contribution in [3.8, 4) is 33.8 Å². The first-order valence-corrected chi connectivity index (χ1v) is 16.0. The summed E-state index contributed by atoms with van der Waals surface area (Å²) in [5, 5.41) is 21.8. The first kappa shape index (κ1) is 29.4. The van der Waals surface area contributed by atoms with Gasteiger partial charge in [0.25, 0.3) is 0 Å². The molecule has 2 aromatic carbocycles. The second-order valence-electron chi connectivity index (χ2n) is 10.7. The molecule has 0 aliphatic carbocycles. The Kier molecular flexibility index (Phi) is 8.08. The molecule has 0 fully saturated rings. The highest BCUT2D eigenvalue weighted by Crippen LogP contribution is 2.33. The lowest BCUT2D eigenvalue weighted by atomic mass is 10.0. The van der Waals surface area contributed by atoms with Gasteiger partial charge in [0.1, 0.15) is 17.7 Å². The smallest absolute Gasteiger partial charge is 0.209 e. The molecule has 1 unspecified atom stereocenters. The zero-order chi connectivity index (χ0) is 30.8. The monoisotopic (exact) mass is 614 g/mol. The first-order chi connectivity index (χ1) is 21.2. The van der Waals surface area contributed by atoms with Gasteiger partial charge in [-0.3, -0.25) is 15.1 Å². The number of aliphatic hydroxyl groups is 1. The second kappa shape index (κ2) is 12.1. The molecule has 11 nitrogen and oxygen atoms in total. The fraction of sp³-hybridized carbons (Fsp3) is 0.226. The Bertz CT molecular complexity index is 2080. The fourth-order valence-corrected chi connectivity index (χ4v) is 5.52. The summed E-state index contributed by atoms with van der Waals surface area (Å²) in [6, 6.07) is 12.2. The van der Waals surface area contributed by atoms with Crippen LogP contribution in [0.15, 0.2) is 67.3 Å². The maximum absolute atomic E-state index is 14.6. The number of hydrogen-bond donors (Lipinski definition) is 5. The van der Waals surface area contributed by atoms with Crippen molar-refractivity contribution >= 4 is 37.6 Å². The Balaban J connectivity index is 1.34. The third-order valence-corrected chi connectivity index (χ3v) is 7.89. The molecule has 0 aliphatic heterocycles. The number of rotatable bonds is 11. The zero-order valence-corrected chi connectivity index (χ0v) is 24.9. The molecule has 4 aromatic heterocycles. The molecule has 0 radical (unpaired) electrons.